The molecule has 11 rings (SSSR count). The zero-order valence-electron chi connectivity index (χ0n) is 28.5. The fourth-order valence-corrected chi connectivity index (χ4v) is 9.61. The van der Waals surface area contributed by atoms with Crippen molar-refractivity contribution < 1.29 is 4.42 Å². The molecule has 2 aliphatic rings. The van der Waals surface area contributed by atoms with Crippen LogP contribution in [0.2, 0.25) is 0 Å². The molecule has 0 bridgehead atoms. The van der Waals surface area contributed by atoms with Gasteiger partial charge in [-0.25, -0.2) is 9.97 Å². The second kappa shape index (κ2) is 11.8. The zero-order valence-corrected chi connectivity index (χ0v) is 29.3. The van der Waals surface area contributed by atoms with Crippen LogP contribution in [0.3, 0.4) is 0 Å². The summed E-state index contributed by atoms with van der Waals surface area (Å²) in [5.41, 5.74) is 15.4. The Morgan fingerprint density at radius 3 is 1.83 bits per heavy atom. The van der Waals surface area contributed by atoms with E-state index in [1.807, 2.05) is 48.2 Å². The van der Waals surface area contributed by atoms with Crippen molar-refractivity contribution in [3.63, 3.8) is 0 Å². The monoisotopic (exact) mass is 694 g/mol. The zero-order chi connectivity index (χ0) is 34.9. The Kier molecular flexibility index (Phi) is 6.70. The van der Waals surface area contributed by atoms with Crippen LogP contribution in [0.5, 0.6) is 0 Å². The largest absolute Gasteiger partial charge is 0.464 e. The highest BCUT2D eigenvalue weighted by Crippen LogP contribution is 2.63. The van der Waals surface area contributed by atoms with Gasteiger partial charge in [-0.15, -0.1) is 0 Å². The Balaban J connectivity index is 1.06. The van der Waals surface area contributed by atoms with Gasteiger partial charge in [0.15, 0.2) is 5.82 Å². The molecule has 0 saturated carbocycles. The standard InChI is InChI=1S/C49H30N2OS/c1-3-11-32(12-4-1)43-30-44(51-48(50-43)34-13-5-2-6-14-34)33-21-19-31(20-22-33)35-23-24-47-42(28-35)49(40-17-9-10-18-46(40)53-47)39-16-8-7-15-37(39)38-27-36-25-26-52-45(36)29-41(38)49/h1-30H. The van der Waals surface area contributed by atoms with Crippen LogP contribution in [0.1, 0.15) is 22.3 Å². The summed E-state index contributed by atoms with van der Waals surface area (Å²) >= 11 is 1.86. The van der Waals surface area contributed by atoms with E-state index >= 15 is 0 Å². The first kappa shape index (κ1) is 30.2. The van der Waals surface area contributed by atoms with Gasteiger partial charge in [-0.1, -0.05) is 145 Å². The number of fused-ring (bicyclic) bond motifs is 10. The molecule has 2 aromatic heterocycles. The molecule has 0 fully saturated rings. The molecule has 4 heteroatoms. The number of benzene rings is 7. The van der Waals surface area contributed by atoms with Crippen molar-refractivity contribution in [1.29, 1.82) is 0 Å². The quantitative estimate of drug-likeness (QED) is 0.184. The normalized spacial score (nSPS) is 15.2. The van der Waals surface area contributed by atoms with Crippen LogP contribution in [0.15, 0.2) is 196 Å². The van der Waals surface area contributed by atoms with Crippen molar-refractivity contribution in [2.75, 3.05) is 0 Å². The van der Waals surface area contributed by atoms with Crippen LogP contribution in [-0.4, -0.2) is 9.97 Å². The highest BCUT2D eigenvalue weighted by molar-refractivity contribution is 7.99. The number of aromatic nitrogens is 2. The summed E-state index contributed by atoms with van der Waals surface area (Å²) in [6.07, 6.45) is 1.80. The van der Waals surface area contributed by atoms with E-state index in [0.29, 0.717) is 5.82 Å². The van der Waals surface area contributed by atoms with E-state index < -0.39 is 5.41 Å². The molecular weight excluding hydrogens is 665 g/mol. The molecule has 0 saturated heterocycles. The van der Waals surface area contributed by atoms with E-state index in [1.165, 1.54) is 48.7 Å². The first-order chi connectivity index (χ1) is 26.2. The third-order valence-electron chi connectivity index (χ3n) is 10.9. The predicted molar refractivity (Wildman–Crippen MR) is 215 cm³/mol. The van der Waals surface area contributed by atoms with Crippen molar-refractivity contribution in [3.05, 3.63) is 204 Å². The maximum absolute atomic E-state index is 6.04. The molecule has 9 aromatic rings. The van der Waals surface area contributed by atoms with Crippen LogP contribution >= 0.6 is 11.8 Å². The molecule has 248 valence electrons. The van der Waals surface area contributed by atoms with E-state index in [1.54, 1.807) is 6.26 Å². The lowest BCUT2D eigenvalue weighted by atomic mass is 9.67. The molecule has 1 aliphatic heterocycles. The van der Waals surface area contributed by atoms with Gasteiger partial charge >= 0.3 is 0 Å². The minimum absolute atomic E-state index is 0.483. The van der Waals surface area contributed by atoms with Crippen molar-refractivity contribution in [3.8, 4) is 56.2 Å². The van der Waals surface area contributed by atoms with Gasteiger partial charge in [0, 0.05) is 31.9 Å². The fourth-order valence-electron chi connectivity index (χ4n) is 8.44. The Bertz CT molecular complexity index is 2800. The second-order valence-electron chi connectivity index (χ2n) is 13.7. The van der Waals surface area contributed by atoms with Crippen molar-refractivity contribution in [2.24, 2.45) is 0 Å². The number of furan rings is 1. The predicted octanol–water partition coefficient (Wildman–Crippen LogP) is 12.7. The summed E-state index contributed by atoms with van der Waals surface area (Å²) in [5.74, 6) is 0.716. The summed E-state index contributed by atoms with van der Waals surface area (Å²) < 4.78 is 6.04. The molecule has 53 heavy (non-hydrogen) atoms. The number of rotatable bonds is 4. The Morgan fingerprint density at radius 1 is 0.415 bits per heavy atom. The third-order valence-corrected chi connectivity index (χ3v) is 12.0. The van der Waals surface area contributed by atoms with Crippen molar-refractivity contribution >= 4 is 22.7 Å². The molecule has 3 heterocycles. The summed E-state index contributed by atoms with van der Waals surface area (Å²) in [5, 5.41) is 1.12. The minimum atomic E-state index is -0.483. The van der Waals surface area contributed by atoms with Gasteiger partial charge in [-0.2, -0.15) is 0 Å². The fraction of sp³-hybridized carbons (Fsp3) is 0.0204. The molecule has 0 amide bonds. The number of hydrogen-bond donors (Lipinski definition) is 0. The van der Waals surface area contributed by atoms with Crippen LogP contribution in [0.4, 0.5) is 0 Å². The number of nitrogens with zero attached hydrogens (tertiary/aromatic N) is 2. The number of hydrogen-bond acceptors (Lipinski definition) is 4. The third kappa shape index (κ3) is 4.62. The average Bonchev–Trinajstić information content (AvgIpc) is 3.81. The molecular formula is C49H30N2OS. The Labute approximate surface area is 311 Å². The lowest BCUT2D eigenvalue weighted by molar-refractivity contribution is 0.614. The van der Waals surface area contributed by atoms with Crippen LogP contribution in [-0.2, 0) is 5.41 Å². The van der Waals surface area contributed by atoms with Crippen LogP contribution in [0, 0.1) is 0 Å². The van der Waals surface area contributed by atoms with E-state index in [2.05, 4.69) is 140 Å². The van der Waals surface area contributed by atoms with Gasteiger partial charge in [0.05, 0.1) is 23.1 Å². The van der Waals surface area contributed by atoms with E-state index in [4.69, 9.17) is 14.4 Å². The molecule has 7 aromatic carbocycles. The minimum Gasteiger partial charge on any atom is -0.464 e. The molecule has 1 atom stereocenters. The van der Waals surface area contributed by atoms with Crippen LogP contribution in [0.25, 0.3) is 67.1 Å². The van der Waals surface area contributed by atoms with Gasteiger partial charge < -0.3 is 4.42 Å². The lowest BCUT2D eigenvalue weighted by Gasteiger charge is -2.40. The summed E-state index contributed by atoms with van der Waals surface area (Å²) in [7, 11) is 0. The van der Waals surface area contributed by atoms with Crippen molar-refractivity contribution in [1.82, 2.24) is 9.97 Å². The van der Waals surface area contributed by atoms with Gasteiger partial charge in [-0.05, 0) is 87.0 Å². The molecule has 0 N–H and O–H groups in total. The average molecular weight is 695 g/mol. The molecule has 1 aliphatic carbocycles. The van der Waals surface area contributed by atoms with Gasteiger partial charge in [0.1, 0.15) is 5.58 Å². The Hall–Kier alpha value is -6.49. The second-order valence-corrected chi connectivity index (χ2v) is 14.8. The summed E-state index contributed by atoms with van der Waals surface area (Å²) in [6, 6.07) is 63.0. The molecule has 1 unspecified atom stereocenters. The first-order valence-electron chi connectivity index (χ1n) is 17.9. The lowest BCUT2D eigenvalue weighted by Crippen LogP contribution is -2.32. The first-order valence-corrected chi connectivity index (χ1v) is 18.7. The topological polar surface area (TPSA) is 38.9 Å². The van der Waals surface area contributed by atoms with E-state index in [-0.39, 0.29) is 0 Å². The van der Waals surface area contributed by atoms with Crippen LogP contribution < -0.4 is 0 Å². The maximum Gasteiger partial charge on any atom is 0.160 e. The molecule has 0 radical (unpaired) electrons. The van der Waals surface area contributed by atoms with Gasteiger partial charge in [0.2, 0.25) is 0 Å². The maximum atomic E-state index is 6.04. The van der Waals surface area contributed by atoms with Gasteiger partial charge in [0.25, 0.3) is 0 Å². The van der Waals surface area contributed by atoms with E-state index in [0.717, 1.165) is 44.6 Å². The highest BCUT2D eigenvalue weighted by atomic mass is 32.2. The highest BCUT2D eigenvalue weighted by Gasteiger charge is 2.50. The molecule has 3 nitrogen and oxygen atoms in total. The SMILES string of the molecule is c1ccc(-c2cc(-c3ccc(-c4ccc5c(c4)C4(c6ccccc6S5)c5ccccc5-c5cc6ccoc6cc54)cc3)nc(-c3ccccc3)n2)cc1. The van der Waals surface area contributed by atoms with E-state index in [9.17, 15) is 0 Å². The Morgan fingerprint density at radius 2 is 1.04 bits per heavy atom. The molecule has 1 spiro atoms. The smallest absolute Gasteiger partial charge is 0.160 e. The van der Waals surface area contributed by atoms with Gasteiger partial charge in [-0.3, -0.25) is 0 Å². The van der Waals surface area contributed by atoms with Crippen molar-refractivity contribution in [2.45, 2.75) is 15.2 Å². The summed E-state index contributed by atoms with van der Waals surface area (Å²) in [6.45, 7) is 0. The summed E-state index contributed by atoms with van der Waals surface area (Å²) in [4.78, 5) is 12.6.